The summed E-state index contributed by atoms with van der Waals surface area (Å²) in [5, 5.41) is 3.58. The molecule has 8 nitrogen and oxygen atoms in total. The number of hydrogen-bond acceptors (Lipinski definition) is 6. The predicted octanol–water partition coefficient (Wildman–Crippen LogP) is 3.38. The number of aldehydes is 1. The van der Waals surface area contributed by atoms with Gasteiger partial charge in [-0.1, -0.05) is 6.07 Å². The van der Waals surface area contributed by atoms with Crippen molar-refractivity contribution in [1.82, 2.24) is 24.3 Å². The number of alkyl halides is 3. The molecule has 0 saturated heterocycles. The lowest BCUT2D eigenvalue weighted by Crippen LogP contribution is -2.10. The van der Waals surface area contributed by atoms with Gasteiger partial charge in [0.2, 0.25) is 0 Å². The van der Waals surface area contributed by atoms with Gasteiger partial charge in [-0.3, -0.25) is 4.57 Å². The number of fused-ring (bicyclic) bond motifs is 1. The van der Waals surface area contributed by atoms with Crippen LogP contribution >= 0.6 is 0 Å². The number of ether oxygens (including phenoxy) is 2. The maximum absolute atomic E-state index is 13.0. The molecule has 3 heterocycles. The minimum absolute atomic E-state index is 0.0283. The highest BCUT2D eigenvalue weighted by molar-refractivity contribution is 5.81. The van der Waals surface area contributed by atoms with E-state index in [2.05, 4.69) is 15.1 Å². The van der Waals surface area contributed by atoms with Gasteiger partial charge in [0.1, 0.15) is 18.4 Å². The Hall–Kier alpha value is -3.89. The largest absolute Gasteiger partial charge is 0.493 e. The smallest absolute Gasteiger partial charge is 0.435 e. The first-order chi connectivity index (χ1) is 14.9. The van der Waals surface area contributed by atoms with Crippen molar-refractivity contribution >= 4 is 17.3 Å². The lowest BCUT2D eigenvalue weighted by atomic mass is 10.2. The van der Waals surface area contributed by atoms with Gasteiger partial charge >= 0.3 is 6.18 Å². The van der Waals surface area contributed by atoms with E-state index >= 15 is 0 Å². The van der Waals surface area contributed by atoms with E-state index in [1.165, 1.54) is 20.5 Å². The number of benzene rings is 1. The zero-order chi connectivity index (χ0) is 22.2. The number of hydrogen-bond donors (Lipinski definition) is 0. The number of halogens is 3. The zero-order valence-corrected chi connectivity index (χ0v) is 16.4. The SMILES string of the molecule is COc1cc2ncn(-c3ccc(CC=O)c(-n4ccc(C(F)(F)F)n4)n3)c2cc1OC. The van der Waals surface area contributed by atoms with Gasteiger partial charge in [-0.15, -0.1) is 0 Å². The van der Waals surface area contributed by atoms with Gasteiger partial charge in [-0.25, -0.2) is 14.6 Å². The number of imidazole rings is 1. The average molecular weight is 431 g/mol. The van der Waals surface area contributed by atoms with Crippen molar-refractivity contribution in [3.63, 3.8) is 0 Å². The van der Waals surface area contributed by atoms with E-state index in [4.69, 9.17) is 9.47 Å². The number of carbonyl (C=O) groups excluding carboxylic acids is 1. The monoisotopic (exact) mass is 431 g/mol. The maximum Gasteiger partial charge on any atom is 0.435 e. The fourth-order valence-corrected chi connectivity index (χ4v) is 3.16. The number of aromatic nitrogens is 5. The van der Waals surface area contributed by atoms with E-state index in [1.54, 1.807) is 28.8 Å². The van der Waals surface area contributed by atoms with Crippen LogP contribution in [0.25, 0.3) is 22.7 Å². The Morgan fingerprint density at radius 1 is 1.10 bits per heavy atom. The second kappa shape index (κ2) is 7.74. The Kier molecular flexibility index (Phi) is 5.09. The Labute approximate surface area is 173 Å². The van der Waals surface area contributed by atoms with Gasteiger partial charge < -0.3 is 14.3 Å². The molecule has 0 unspecified atom stereocenters. The number of pyridine rings is 1. The van der Waals surface area contributed by atoms with Crippen LogP contribution in [-0.2, 0) is 17.4 Å². The second-order valence-corrected chi connectivity index (χ2v) is 6.48. The van der Waals surface area contributed by atoms with Gasteiger partial charge in [0, 0.05) is 30.3 Å². The topological polar surface area (TPSA) is 84.1 Å². The highest BCUT2D eigenvalue weighted by Gasteiger charge is 2.34. The fourth-order valence-electron chi connectivity index (χ4n) is 3.16. The number of methoxy groups -OCH3 is 2. The summed E-state index contributed by atoms with van der Waals surface area (Å²) < 4.78 is 52.2. The number of rotatable bonds is 6. The van der Waals surface area contributed by atoms with Crippen LogP contribution in [0.3, 0.4) is 0 Å². The molecule has 0 aliphatic carbocycles. The number of carbonyl (C=O) groups is 1. The average Bonchev–Trinajstić information content (AvgIpc) is 3.40. The Bertz CT molecular complexity index is 1260. The summed E-state index contributed by atoms with van der Waals surface area (Å²) in [7, 11) is 3.02. The molecule has 4 aromatic rings. The molecular weight excluding hydrogens is 415 g/mol. The minimum atomic E-state index is -4.59. The van der Waals surface area contributed by atoms with Crippen LogP contribution in [-0.4, -0.2) is 44.8 Å². The fraction of sp³-hybridized carbons (Fsp3) is 0.200. The quantitative estimate of drug-likeness (QED) is 0.435. The zero-order valence-electron chi connectivity index (χ0n) is 16.4. The lowest BCUT2D eigenvalue weighted by molar-refractivity contribution is -0.141. The standard InChI is InChI=1S/C20H16F3N5O3/c1-30-15-9-13-14(10-16(15)31-2)27(11-24-13)18-4-3-12(6-8-29)19(25-18)28-7-5-17(26-28)20(21,22)23/h3-5,7-11H,6H2,1-2H3. The van der Waals surface area contributed by atoms with Crippen LogP contribution in [0.4, 0.5) is 13.2 Å². The summed E-state index contributed by atoms with van der Waals surface area (Å²) in [6, 6.07) is 7.54. The number of nitrogens with zero attached hydrogens (tertiary/aromatic N) is 5. The molecule has 0 saturated carbocycles. The van der Waals surface area contributed by atoms with Gasteiger partial charge in [-0.2, -0.15) is 18.3 Å². The van der Waals surface area contributed by atoms with E-state index in [9.17, 15) is 18.0 Å². The maximum atomic E-state index is 13.0. The van der Waals surface area contributed by atoms with Gasteiger partial charge in [0.15, 0.2) is 23.0 Å². The molecule has 0 spiro atoms. The molecule has 0 aliphatic heterocycles. The van der Waals surface area contributed by atoms with E-state index < -0.39 is 11.9 Å². The molecule has 0 radical (unpaired) electrons. The van der Waals surface area contributed by atoms with Crippen molar-refractivity contribution in [2.45, 2.75) is 12.6 Å². The van der Waals surface area contributed by atoms with Crippen molar-refractivity contribution in [2.24, 2.45) is 0 Å². The molecule has 0 atom stereocenters. The van der Waals surface area contributed by atoms with Crippen molar-refractivity contribution in [3.05, 3.63) is 54.1 Å². The predicted molar refractivity (Wildman–Crippen MR) is 104 cm³/mol. The summed E-state index contributed by atoms with van der Waals surface area (Å²) in [6.45, 7) is 0. The molecule has 4 rings (SSSR count). The van der Waals surface area contributed by atoms with Crippen LogP contribution in [0.15, 0.2) is 42.9 Å². The van der Waals surface area contributed by atoms with E-state index in [-0.39, 0.29) is 12.2 Å². The molecule has 3 aromatic heterocycles. The van der Waals surface area contributed by atoms with E-state index in [1.807, 2.05) is 0 Å². The Morgan fingerprint density at radius 2 is 1.84 bits per heavy atom. The first-order valence-electron chi connectivity index (χ1n) is 9.02. The first-order valence-corrected chi connectivity index (χ1v) is 9.02. The molecule has 0 aliphatic rings. The third-order valence-corrected chi connectivity index (χ3v) is 4.64. The first kappa shape index (κ1) is 20.4. The summed E-state index contributed by atoms with van der Waals surface area (Å²) in [4.78, 5) is 19.9. The van der Waals surface area contributed by atoms with Crippen molar-refractivity contribution in [2.75, 3.05) is 14.2 Å². The Balaban J connectivity index is 1.86. The summed E-state index contributed by atoms with van der Waals surface area (Å²) in [6.07, 6.45) is -1.29. The normalized spacial score (nSPS) is 11.6. The second-order valence-electron chi connectivity index (χ2n) is 6.48. The third kappa shape index (κ3) is 3.69. The molecule has 0 N–H and O–H groups in total. The Morgan fingerprint density at radius 3 is 2.48 bits per heavy atom. The minimum Gasteiger partial charge on any atom is -0.493 e. The van der Waals surface area contributed by atoms with Crippen LogP contribution < -0.4 is 9.47 Å². The van der Waals surface area contributed by atoms with Crippen molar-refractivity contribution in [1.29, 1.82) is 0 Å². The van der Waals surface area contributed by atoms with Crippen LogP contribution in [0.1, 0.15) is 11.3 Å². The van der Waals surface area contributed by atoms with Crippen molar-refractivity contribution < 1.29 is 27.4 Å². The van der Waals surface area contributed by atoms with E-state index in [0.29, 0.717) is 40.2 Å². The van der Waals surface area contributed by atoms with Crippen LogP contribution in [0, 0.1) is 0 Å². The lowest BCUT2D eigenvalue weighted by Gasteiger charge is -2.12. The van der Waals surface area contributed by atoms with Crippen LogP contribution in [0.2, 0.25) is 0 Å². The molecule has 0 amide bonds. The van der Waals surface area contributed by atoms with Gasteiger partial charge in [-0.05, 0) is 12.1 Å². The molecule has 1 aromatic carbocycles. The summed E-state index contributed by atoms with van der Waals surface area (Å²) in [5.74, 6) is 1.48. The molecule has 0 fully saturated rings. The van der Waals surface area contributed by atoms with Gasteiger partial charge in [0.05, 0.1) is 25.3 Å². The van der Waals surface area contributed by atoms with E-state index in [0.717, 1.165) is 16.9 Å². The molecule has 0 bridgehead atoms. The van der Waals surface area contributed by atoms with Gasteiger partial charge in [0.25, 0.3) is 0 Å². The molecular formula is C20H16F3N5O3. The third-order valence-electron chi connectivity index (χ3n) is 4.64. The van der Waals surface area contributed by atoms with Crippen LogP contribution in [0.5, 0.6) is 11.5 Å². The highest BCUT2D eigenvalue weighted by Crippen LogP contribution is 2.33. The summed E-state index contributed by atoms with van der Waals surface area (Å²) >= 11 is 0. The van der Waals surface area contributed by atoms with Crippen molar-refractivity contribution in [3.8, 4) is 23.1 Å². The highest BCUT2D eigenvalue weighted by atomic mass is 19.4. The molecule has 31 heavy (non-hydrogen) atoms. The summed E-state index contributed by atoms with van der Waals surface area (Å²) in [5.41, 5.74) is 0.632. The molecule has 11 heteroatoms. The molecule has 160 valence electrons.